The smallest absolute Gasteiger partial charge is 0.342 e. The summed E-state index contributed by atoms with van der Waals surface area (Å²) < 4.78 is 11.0. The van der Waals surface area contributed by atoms with E-state index < -0.39 is 5.97 Å². The quantitative estimate of drug-likeness (QED) is 0.404. The first-order chi connectivity index (χ1) is 13.1. The molecule has 0 saturated carbocycles. The summed E-state index contributed by atoms with van der Waals surface area (Å²) in [5.74, 6) is -0.484. The van der Waals surface area contributed by atoms with Crippen molar-refractivity contribution in [2.75, 3.05) is 13.7 Å². The first kappa shape index (κ1) is 18.9. The Morgan fingerprint density at radius 1 is 0.889 bits per heavy atom. The van der Waals surface area contributed by atoms with Crippen molar-refractivity contribution in [3.8, 4) is 16.9 Å². The van der Waals surface area contributed by atoms with E-state index in [0.29, 0.717) is 11.3 Å². The van der Waals surface area contributed by atoms with Crippen LogP contribution in [-0.4, -0.2) is 25.5 Å². The molecule has 0 aliphatic rings. The molecular formula is C22H17BrO4. The lowest BCUT2D eigenvalue weighted by atomic mass is 10.0. The second kappa shape index (κ2) is 8.64. The van der Waals surface area contributed by atoms with Crippen LogP contribution in [0.4, 0.5) is 0 Å². The van der Waals surface area contributed by atoms with Crippen LogP contribution in [0.3, 0.4) is 0 Å². The third-order valence-electron chi connectivity index (χ3n) is 4.03. The number of ether oxygens (including phenoxy) is 2. The Morgan fingerprint density at radius 2 is 1.56 bits per heavy atom. The standard InChI is InChI=1S/C22H17BrO4/c1-26-21-12-11-18(23)13-19(21)22(25)27-14-20(24)17-9-7-16(8-10-17)15-5-3-2-4-6-15/h2-13H,14H2,1H3. The number of halogens is 1. The van der Waals surface area contributed by atoms with Crippen LogP contribution in [0.15, 0.2) is 77.3 Å². The molecule has 5 heteroatoms. The molecule has 3 rings (SSSR count). The molecule has 0 heterocycles. The topological polar surface area (TPSA) is 52.6 Å². The van der Waals surface area contributed by atoms with E-state index in [0.717, 1.165) is 15.6 Å². The highest BCUT2D eigenvalue weighted by atomic mass is 79.9. The Hall–Kier alpha value is -2.92. The number of methoxy groups -OCH3 is 1. The zero-order valence-electron chi connectivity index (χ0n) is 14.6. The Balaban J connectivity index is 1.66. The minimum absolute atomic E-state index is 0.263. The molecule has 0 N–H and O–H groups in total. The van der Waals surface area contributed by atoms with Crippen LogP contribution < -0.4 is 4.74 Å². The molecule has 4 nitrogen and oxygen atoms in total. The SMILES string of the molecule is COc1ccc(Br)cc1C(=O)OCC(=O)c1ccc(-c2ccccc2)cc1. The number of carbonyl (C=O) groups is 2. The average Bonchev–Trinajstić information content (AvgIpc) is 2.72. The van der Waals surface area contributed by atoms with Crippen molar-refractivity contribution in [1.82, 2.24) is 0 Å². The molecule has 0 unspecified atom stereocenters. The lowest BCUT2D eigenvalue weighted by molar-refractivity contribution is 0.0471. The maximum atomic E-state index is 12.3. The number of hydrogen-bond donors (Lipinski definition) is 0. The summed E-state index contributed by atoms with van der Waals surface area (Å²) in [6.45, 7) is -0.334. The normalized spacial score (nSPS) is 10.3. The number of hydrogen-bond acceptors (Lipinski definition) is 4. The number of Topliss-reactive ketones (excluding diaryl/α,β-unsaturated/α-hetero) is 1. The van der Waals surface area contributed by atoms with Gasteiger partial charge in [0.15, 0.2) is 12.4 Å². The van der Waals surface area contributed by atoms with E-state index in [4.69, 9.17) is 9.47 Å². The number of ketones is 1. The fraction of sp³-hybridized carbons (Fsp3) is 0.0909. The predicted octanol–water partition coefficient (Wildman–Crippen LogP) is 5.16. The third kappa shape index (κ3) is 4.63. The average molecular weight is 425 g/mol. The summed E-state index contributed by atoms with van der Waals surface area (Å²) in [7, 11) is 1.47. The third-order valence-corrected chi connectivity index (χ3v) is 4.52. The molecule has 0 aliphatic carbocycles. The minimum atomic E-state index is -0.609. The highest BCUT2D eigenvalue weighted by molar-refractivity contribution is 9.10. The fourth-order valence-corrected chi connectivity index (χ4v) is 2.97. The van der Waals surface area contributed by atoms with Crippen LogP contribution in [0.5, 0.6) is 5.75 Å². The van der Waals surface area contributed by atoms with Gasteiger partial charge in [-0.15, -0.1) is 0 Å². The fourth-order valence-electron chi connectivity index (χ4n) is 2.61. The number of carbonyl (C=O) groups excluding carboxylic acids is 2. The molecule has 0 saturated heterocycles. The molecule has 0 aromatic heterocycles. The Morgan fingerprint density at radius 3 is 2.22 bits per heavy atom. The van der Waals surface area contributed by atoms with Crippen LogP contribution in [0, 0.1) is 0 Å². The second-order valence-electron chi connectivity index (χ2n) is 5.79. The largest absolute Gasteiger partial charge is 0.496 e. The highest BCUT2D eigenvalue weighted by Gasteiger charge is 2.16. The van der Waals surface area contributed by atoms with Gasteiger partial charge < -0.3 is 9.47 Å². The molecule has 0 fully saturated rings. The summed E-state index contributed by atoms with van der Waals surface area (Å²) in [5.41, 5.74) is 2.84. The van der Waals surface area contributed by atoms with Crippen molar-refractivity contribution in [2.24, 2.45) is 0 Å². The van der Waals surface area contributed by atoms with Gasteiger partial charge in [0.05, 0.1) is 7.11 Å². The molecule has 27 heavy (non-hydrogen) atoms. The maximum absolute atomic E-state index is 12.3. The monoisotopic (exact) mass is 424 g/mol. The van der Waals surface area contributed by atoms with Crippen LogP contribution in [-0.2, 0) is 4.74 Å². The van der Waals surface area contributed by atoms with Crippen LogP contribution >= 0.6 is 15.9 Å². The zero-order valence-corrected chi connectivity index (χ0v) is 16.2. The first-order valence-corrected chi connectivity index (χ1v) is 9.07. The van der Waals surface area contributed by atoms with E-state index in [9.17, 15) is 9.59 Å². The van der Waals surface area contributed by atoms with Gasteiger partial charge in [0.1, 0.15) is 11.3 Å². The summed E-state index contributed by atoms with van der Waals surface area (Å²) in [6.07, 6.45) is 0. The number of rotatable bonds is 6. The van der Waals surface area contributed by atoms with E-state index >= 15 is 0 Å². The van der Waals surface area contributed by atoms with Gasteiger partial charge in [-0.05, 0) is 29.3 Å². The summed E-state index contributed by atoms with van der Waals surface area (Å²) in [4.78, 5) is 24.6. The Bertz CT molecular complexity index is 950. The molecule has 0 aliphatic heterocycles. The van der Waals surface area contributed by atoms with Crippen LogP contribution in [0.1, 0.15) is 20.7 Å². The van der Waals surface area contributed by atoms with Gasteiger partial charge >= 0.3 is 5.97 Å². The van der Waals surface area contributed by atoms with Crippen LogP contribution in [0.25, 0.3) is 11.1 Å². The van der Waals surface area contributed by atoms with Crippen molar-refractivity contribution >= 4 is 27.7 Å². The van der Waals surface area contributed by atoms with Crippen molar-refractivity contribution in [3.63, 3.8) is 0 Å². The predicted molar refractivity (Wildman–Crippen MR) is 107 cm³/mol. The molecule has 136 valence electrons. The molecule has 3 aromatic carbocycles. The van der Waals surface area contributed by atoms with E-state index in [2.05, 4.69) is 15.9 Å². The molecule has 0 radical (unpaired) electrons. The van der Waals surface area contributed by atoms with Gasteiger partial charge in [0.2, 0.25) is 0 Å². The van der Waals surface area contributed by atoms with E-state index in [1.807, 2.05) is 42.5 Å². The van der Waals surface area contributed by atoms with Gasteiger partial charge in [0.25, 0.3) is 0 Å². The summed E-state index contributed by atoms with van der Waals surface area (Å²) in [5, 5.41) is 0. The van der Waals surface area contributed by atoms with Crippen molar-refractivity contribution in [2.45, 2.75) is 0 Å². The minimum Gasteiger partial charge on any atom is -0.496 e. The van der Waals surface area contributed by atoms with Gasteiger partial charge in [-0.1, -0.05) is 70.5 Å². The van der Waals surface area contributed by atoms with Gasteiger partial charge in [-0.25, -0.2) is 4.79 Å². The molecule has 0 bridgehead atoms. The second-order valence-corrected chi connectivity index (χ2v) is 6.70. The van der Waals surface area contributed by atoms with Gasteiger partial charge in [-0.3, -0.25) is 4.79 Å². The summed E-state index contributed by atoms with van der Waals surface area (Å²) in [6, 6.07) is 22.1. The lowest BCUT2D eigenvalue weighted by Crippen LogP contribution is -2.15. The van der Waals surface area contributed by atoms with E-state index in [1.54, 1.807) is 30.3 Å². The molecule has 0 spiro atoms. The maximum Gasteiger partial charge on any atom is 0.342 e. The molecule has 0 amide bonds. The Kier molecular flexibility index (Phi) is 6.04. The van der Waals surface area contributed by atoms with Crippen molar-refractivity contribution < 1.29 is 19.1 Å². The zero-order chi connectivity index (χ0) is 19.2. The van der Waals surface area contributed by atoms with Crippen molar-refractivity contribution in [3.05, 3.63) is 88.4 Å². The van der Waals surface area contributed by atoms with E-state index in [1.165, 1.54) is 7.11 Å². The lowest BCUT2D eigenvalue weighted by Gasteiger charge is -2.09. The van der Waals surface area contributed by atoms with Gasteiger partial charge in [-0.2, -0.15) is 0 Å². The first-order valence-electron chi connectivity index (χ1n) is 8.28. The molecule has 0 atom stereocenters. The highest BCUT2D eigenvalue weighted by Crippen LogP contribution is 2.24. The Labute approximate surface area is 165 Å². The van der Waals surface area contributed by atoms with Crippen molar-refractivity contribution in [1.29, 1.82) is 0 Å². The van der Waals surface area contributed by atoms with E-state index in [-0.39, 0.29) is 18.0 Å². The van der Waals surface area contributed by atoms with Crippen LogP contribution in [0.2, 0.25) is 0 Å². The summed E-state index contributed by atoms with van der Waals surface area (Å²) >= 11 is 3.31. The van der Waals surface area contributed by atoms with Gasteiger partial charge in [0, 0.05) is 10.0 Å². The number of esters is 1. The molecular weight excluding hydrogens is 408 g/mol. The number of benzene rings is 3. The molecule has 3 aromatic rings.